The van der Waals surface area contributed by atoms with Gasteiger partial charge in [0.05, 0.1) is 23.6 Å². The van der Waals surface area contributed by atoms with Crippen molar-refractivity contribution in [2.24, 2.45) is 0 Å². The number of aliphatic hydroxyl groups is 1. The minimum atomic E-state index is -0.591. The highest BCUT2D eigenvalue weighted by Crippen LogP contribution is 2.36. The van der Waals surface area contributed by atoms with Gasteiger partial charge in [0.25, 0.3) is 0 Å². The number of amides is 1. The predicted molar refractivity (Wildman–Crippen MR) is 90.9 cm³/mol. The number of halogens is 2. The summed E-state index contributed by atoms with van der Waals surface area (Å²) in [5.74, 6) is -0.458. The maximum atomic E-state index is 13.7. The van der Waals surface area contributed by atoms with Crippen LogP contribution in [0.5, 0.6) is 0 Å². The molecule has 0 spiro atoms. The van der Waals surface area contributed by atoms with Crippen LogP contribution in [0.3, 0.4) is 0 Å². The first-order valence-electron chi connectivity index (χ1n) is 7.86. The van der Waals surface area contributed by atoms with Crippen molar-refractivity contribution in [3.8, 4) is 0 Å². The van der Waals surface area contributed by atoms with E-state index in [2.05, 4.69) is 10.6 Å². The first kappa shape index (κ1) is 15.4. The third-order valence-corrected chi connectivity index (χ3v) is 4.95. The molecule has 2 atom stereocenters. The van der Waals surface area contributed by atoms with Crippen LogP contribution in [-0.4, -0.2) is 17.1 Å². The molecular formula is C18H16ClFN2O2. The summed E-state index contributed by atoms with van der Waals surface area (Å²) < 4.78 is 13.7. The van der Waals surface area contributed by atoms with Gasteiger partial charge in [0.1, 0.15) is 5.82 Å². The van der Waals surface area contributed by atoms with Crippen molar-refractivity contribution in [1.29, 1.82) is 0 Å². The molecule has 2 unspecified atom stereocenters. The highest BCUT2D eigenvalue weighted by Gasteiger charge is 2.29. The summed E-state index contributed by atoms with van der Waals surface area (Å²) in [5.41, 5.74) is 4.23. The van der Waals surface area contributed by atoms with E-state index in [0.717, 1.165) is 28.1 Å². The van der Waals surface area contributed by atoms with Gasteiger partial charge in [0, 0.05) is 11.4 Å². The van der Waals surface area contributed by atoms with Crippen molar-refractivity contribution in [3.63, 3.8) is 0 Å². The highest BCUT2D eigenvalue weighted by molar-refractivity contribution is 6.30. The molecule has 24 heavy (non-hydrogen) atoms. The van der Waals surface area contributed by atoms with Gasteiger partial charge < -0.3 is 15.7 Å². The number of aryl methyl sites for hydroxylation is 1. The van der Waals surface area contributed by atoms with Crippen LogP contribution in [0.1, 0.15) is 29.2 Å². The number of benzene rings is 2. The van der Waals surface area contributed by atoms with Crippen molar-refractivity contribution < 1.29 is 14.3 Å². The zero-order valence-corrected chi connectivity index (χ0v) is 13.5. The molecule has 4 nitrogen and oxygen atoms in total. The van der Waals surface area contributed by atoms with Gasteiger partial charge in [-0.3, -0.25) is 4.79 Å². The number of hydrogen-bond acceptors (Lipinski definition) is 3. The molecule has 6 heteroatoms. The van der Waals surface area contributed by atoms with E-state index in [1.165, 1.54) is 6.07 Å². The minimum absolute atomic E-state index is 0.0209. The number of carbonyl (C=O) groups excluding carboxylic acids is 1. The zero-order valence-electron chi connectivity index (χ0n) is 12.8. The third-order valence-electron chi connectivity index (χ3n) is 4.66. The summed E-state index contributed by atoms with van der Waals surface area (Å²) in [6.07, 6.45) is 0.931. The van der Waals surface area contributed by atoms with E-state index in [1.807, 2.05) is 18.2 Å². The second-order valence-corrected chi connectivity index (χ2v) is 6.70. The fraction of sp³-hybridized carbons (Fsp3) is 0.278. The van der Waals surface area contributed by atoms with E-state index < -0.39 is 11.9 Å². The van der Waals surface area contributed by atoms with Gasteiger partial charge in [-0.05, 0) is 59.9 Å². The summed E-state index contributed by atoms with van der Waals surface area (Å²) >= 11 is 5.92. The Hall–Kier alpha value is -2.11. The number of fused-ring (bicyclic) bond motifs is 2. The number of aliphatic hydroxyl groups excluding tert-OH is 1. The molecule has 0 fully saturated rings. The maximum Gasteiger partial charge on any atom is 0.228 e. The van der Waals surface area contributed by atoms with Crippen LogP contribution < -0.4 is 10.6 Å². The van der Waals surface area contributed by atoms with Crippen LogP contribution in [0.2, 0.25) is 5.02 Å². The molecule has 2 aromatic carbocycles. The molecule has 1 aliphatic heterocycles. The first-order valence-corrected chi connectivity index (χ1v) is 8.24. The molecule has 3 N–H and O–H groups in total. The topological polar surface area (TPSA) is 61.4 Å². The molecule has 2 aromatic rings. The van der Waals surface area contributed by atoms with E-state index in [1.54, 1.807) is 6.07 Å². The molecule has 2 aliphatic rings. The molecule has 1 amide bonds. The lowest BCUT2D eigenvalue weighted by atomic mass is 9.85. The van der Waals surface area contributed by atoms with Gasteiger partial charge in [-0.1, -0.05) is 11.6 Å². The highest BCUT2D eigenvalue weighted by atomic mass is 35.5. The fourth-order valence-corrected chi connectivity index (χ4v) is 3.63. The Morgan fingerprint density at radius 1 is 1.25 bits per heavy atom. The van der Waals surface area contributed by atoms with Crippen LogP contribution in [0.4, 0.5) is 15.8 Å². The van der Waals surface area contributed by atoms with Crippen molar-refractivity contribution in [2.75, 3.05) is 10.6 Å². The molecular weight excluding hydrogens is 331 g/mol. The Kier molecular flexibility index (Phi) is 3.70. The molecule has 124 valence electrons. The molecule has 0 saturated carbocycles. The Balaban J connectivity index is 1.67. The van der Waals surface area contributed by atoms with Crippen LogP contribution in [0.25, 0.3) is 0 Å². The van der Waals surface area contributed by atoms with Crippen molar-refractivity contribution >= 4 is 28.9 Å². The Labute approximate surface area is 143 Å². The average molecular weight is 347 g/mol. The Bertz CT molecular complexity index is 840. The van der Waals surface area contributed by atoms with Crippen LogP contribution in [0.15, 0.2) is 30.3 Å². The Morgan fingerprint density at radius 2 is 2.08 bits per heavy atom. The number of anilines is 2. The lowest BCUT2D eigenvalue weighted by molar-refractivity contribution is -0.115. The second-order valence-electron chi connectivity index (χ2n) is 6.29. The number of nitrogens with one attached hydrogen (secondary N) is 2. The van der Waals surface area contributed by atoms with E-state index in [9.17, 15) is 14.3 Å². The van der Waals surface area contributed by atoms with E-state index >= 15 is 0 Å². The second kappa shape index (κ2) is 5.76. The quantitative estimate of drug-likeness (QED) is 0.780. The molecule has 0 aromatic heterocycles. The summed E-state index contributed by atoms with van der Waals surface area (Å²) in [6, 6.07) is 8.27. The van der Waals surface area contributed by atoms with Gasteiger partial charge in [0.15, 0.2) is 0 Å². The number of rotatable bonds is 2. The van der Waals surface area contributed by atoms with Gasteiger partial charge in [-0.2, -0.15) is 0 Å². The van der Waals surface area contributed by atoms with Gasteiger partial charge in [-0.25, -0.2) is 4.39 Å². The summed E-state index contributed by atoms with van der Waals surface area (Å²) in [6.45, 7) is 0. The number of carbonyl (C=O) groups is 1. The van der Waals surface area contributed by atoms with E-state index in [-0.39, 0.29) is 17.0 Å². The van der Waals surface area contributed by atoms with Crippen LogP contribution >= 0.6 is 11.6 Å². The minimum Gasteiger partial charge on any atom is -0.391 e. The lowest BCUT2D eigenvalue weighted by Crippen LogP contribution is -2.31. The van der Waals surface area contributed by atoms with Gasteiger partial charge >= 0.3 is 0 Å². The molecule has 0 bridgehead atoms. The van der Waals surface area contributed by atoms with Crippen LogP contribution in [0, 0.1) is 5.82 Å². The monoisotopic (exact) mass is 346 g/mol. The molecule has 4 rings (SSSR count). The first-order chi connectivity index (χ1) is 11.5. The average Bonchev–Trinajstić information content (AvgIpc) is 2.91. The largest absolute Gasteiger partial charge is 0.391 e. The third kappa shape index (κ3) is 2.64. The predicted octanol–water partition coefficient (Wildman–Crippen LogP) is 3.43. The molecule has 1 aliphatic carbocycles. The van der Waals surface area contributed by atoms with Gasteiger partial charge in [0.2, 0.25) is 5.91 Å². The Morgan fingerprint density at radius 3 is 2.92 bits per heavy atom. The van der Waals surface area contributed by atoms with Gasteiger partial charge in [-0.15, -0.1) is 0 Å². The van der Waals surface area contributed by atoms with E-state index in [4.69, 9.17) is 11.6 Å². The molecule has 1 heterocycles. The maximum absolute atomic E-state index is 13.7. The van der Waals surface area contributed by atoms with E-state index in [0.29, 0.717) is 19.3 Å². The summed E-state index contributed by atoms with van der Waals surface area (Å²) in [5, 5.41) is 16.6. The fourth-order valence-electron chi connectivity index (χ4n) is 3.46. The van der Waals surface area contributed by atoms with Crippen molar-refractivity contribution in [2.45, 2.75) is 31.4 Å². The summed E-state index contributed by atoms with van der Waals surface area (Å²) in [4.78, 5) is 11.5. The normalized spacial score (nSPS) is 21.9. The van der Waals surface area contributed by atoms with Crippen molar-refractivity contribution in [3.05, 3.63) is 57.9 Å². The lowest BCUT2D eigenvalue weighted by Gasteiger charge is -2.32. The smallest absolute Gasteiger partial charge is 0.228 e. The number of hydrogen-bond donors (Lipinski definition) is 3. The SMILES string of the molecule is O=C1Cc2cc(NC3c4cc(Cl)c(F)cc4CCC3O)ccc2N1. The summed E-state index contributed by atoms with van der Waals surface area (Å²) in [7, 11) is 0. The molecule has 0 radical (unpaired) electrons. The zero-order chi connectivity index (χ0) is 16.8. The van der Waals surface area contributed by atoms with Crippen LogP contribution in [-0.2, 0) is 17.6 Å². The van der Waals surface area contributed by atoms with Crippen molar-refractivity contribution in [1.82, 2.24) is 0 Å². The molecule has 0 saturated heterocycles. The standard InChI is InChI=1S/C18H16ClFN2O2/c19-13-8-12-9(6-14(13)20)1-4-16(23)18(12)21-11-2-3-15-10(5-11)7-17(24)22-15/h2-3,5-6,8,16,18,21,23H,1,4,7H2,(H,22,24).